The van der Waals surface area contributed by atoms with Gasteiger partial charge in [-0.3, -0.25) is 9.69 Å². The summed E-state index contributed by atoms with van der Waals surface area (Å²) in [5.74, 6) is -0.166. The lowest BCUT2D eigenvalue weighted by molar-refractivity contribution is -0.131. The largest absolute Gasteiger partial charge is 0.325 e. The molecule has 0 bridgehead atoms. The Hall–Kier alpha value is -1.91. The Kier molecular flexibility index (Phi) is 2.59. The smallest absolute Gasteiger partial charge is 0.319 e. The third-order valence-corrected chi connectivity index (χ3v) is 3.83. The summed E-state index contributed by atoms with van der Waals surface area (Å²) in [6, 6.07) is 5.30. The van der Waals surface area contributed by atoms with Crippen LogP contribution in [0.15, 0.2) is 24.3 Å². The van der Waals surface area contributed by atoms with Crippen molar-refractivity contribution in [2.45, 2.75) is 25.3 Å². The van der Waals surface area contributed by atoms with E-state index >= 15 is 0 Å². The molecule has 1 atom stereocenters. The molecule has 3 rings (SSSR count). The first-order valence-electron chi connectivity index (χ1n) is 6.41. The van der Waals surface area contributed by atoms with E-state index in [1.807, 2.05) is 0 Å². The van der Waals surface area contributed by atoms with Crippen LogP contribution in [-0.2, 0) is 10.3 Å². The number of nitrogens with one attached hydrogen (secondary N) is 1. The molecular weight excluding hydrogens is 247 g/mol. The number of halogens is 1. The van der Waals surface area contributed by atoms with Crippen molar-refractivity contribution < 1.29 is 14.0 Å². The number of hydrogen-bond donors (Lipinski definition) is 1. The van der Waals surface area contributed by atoms with Gasteiger partial charge in [0.2, 0.25) is 0 Å². The Morgan fingerprint density at radius 1 is 1.32 bits per heavy atom. The second-order valence-corrected chi connectivity index (χ2v) is 5.42. The van der Waals surface area contributed by atoms with Crippen molar-refractivity contribution >= 4 is 11.9 Å². The fraction of sp³-hybridized carbons (Fsp3) is 0.429. The first-order valence-corrected chi connectivity index (χ1v) is 6.41. The zero-order valence-corrected chi connectivity index (χ0v) is 10.6. The monoisotopic (exact) mass is 262 g/mol. The van der Waals surface area contributed by atoms with E-state index in [0.717, 1.165) is 12.8 Å². The van der Waals surface area contributed by atoms with Crippen LogP contribution in [0.5, 0.6) is 0 Å². The van der Waals surface area contributed by atoms with Gasteiger partial charge in [-0.05, 0) is 43.4 Å². The molecule has 1 aromatic carbocycles. The van der Waals surface area contributed by atoms with Gasteiger partial charge < -0.3 is 5.32 Å². The molecule has 1 aliphatic carbocycles. The molecule has 0 aromatic heterocycles. The quantitative estimate of drug-likeness (QED) is 0.847. The van der Waals surface area contributed by atoms with Crippen molar-refractivity contribution in [2.24, 2.45) is 5.92 Å². The van der Waals surface area contributed by atoms with Crippen molar-refractivity contribution in [3.8, 4) is 0 Å². The van der Waals surface area contributed by atoms with Crippen molar-refractivity contribution in [2.75, 3.05) is 6.54 Å². The van der Waals surface area contributed by atoms with Gasteiger partial charge in [-0.15, -0.1) is 0 Å². The van der Waals surface area contributed by atoms with E-state index in [-0.39, 0.29) is 17.8 Å². The first kappa shape index (κ1) is 12.1. The molecule has 1 saturated carbocycles. The Morgan fingerprint density at radius 3 is 2.53 bits per heavy atom. The molecule has 2 aliphatic rings. The number of amides is 3. The molecule has 1 aromatic rings. The minimum atomic E-state index is -1.08. The molecule has 19 heavy (non-hydrogen) atoms. The zero-order valence-electron chi connectivity index (χ0n) is 10.6. The summed E-state index contributed by atoms with van der Waals surface area (Å²) >= 11 is 0. The van der Waals surface area contributed by atoms with E-state index in [4.69, 9.17) is 0 Å². The molecule has 1 aliphatic heterocycles. The summed E-state index contributed by atoms with van der Waals surface area (Å²) in [4.78, 5) is 25.6. The van der Waals surface area contributed by atoms with E-state index in [9.17, 15) is 14.0 Å². The van der Waals surface area contributed by atoms with E-state index in [0.29, 0.717) is 18.0 Å². The minimum absolute atomic E-state index is 0.254. The fourth-order valence-electron chi connectivity index (χ4n) is 2.40. The maximum Gasteiger partial charge on any atom is 0.325 e. The number of imide groups is 1. The summed E-state index contributed by atoms with van der Waals surface area (Å²) < 4.78 is 12.9. The van der Waals surface area contributed by atoms with Crippen LogP contribution in [-0.4, -0.2) is 23.4 Å². The van der Waals surface area contributed by atoms with Crippen molar-refractivity contribution in [1.82, 2.24) is 10.2 Å². The zero-order chi connectivity index (χ0) is 13.6. The van der Waals surface area contributed by atoms with Crippen LogP contribution < -0.4 is 5.32 Å². The van der Waals surface area contributed by atoms with Crippen molar-refractivity contribution in [1.29, 1.82) is 0 Å². The maximum absolute atomic E-state index is 12.9. The third kappa shape index (κ3) is 1.99. The Labute approximate surface area is 110 Å². The number of benzene rings is 1. The van der Waals surface area contributed by atoms with Crippen molar-refractivity contribution in [3.63, 3.8) is 0 Å². The van der Waals surface area contributed by atoms with Crippen LogP contribution in [0.1, 0.15) is 25.3 Å². The second kappa shape index (κ2) is 4.05. The third-order valence-electron chi connectivity index (χ3n) is 3.83. The normalized spacial score (nSPS) is 26.7. The van der Waals surface area contributed by atoms with E-state index in [1.165, 1.54) is 29.2 Å². The lowest BCUT2D eigenvalue weighted by atomic mass is 9.92. The average Bonchev–Trinajstić information content (AvgIpc) is 3.15. The number of urea groups is 1. The summed E-state index contributed by atoms with van der Waals surface area (Å²) in [5.41, 5.74) is -0.481. The molecule has 100 valence electrons. The molecule has 4 nitrogen and oxygen atoms in total. The van der Waals surface area contributed by atoms with Crippen LogP contribution in [0.3, 0.4) is 0 Å². The van der Waals surface area contributed by atoms with Gasteiger partial charge in [-0.1, -0.05) is 12.1 Å². The standard InChI is InChI=1S/C14H15FN2O2/c1-14(10-4-6-11(15)7-5-10)12(18)17(13(19)16-14)8-9-2-3-9/h4-7,9H,2-3,8H2,1H3,(H,16,19). The van der Waals surface area contributed by atoms with Crippen LogP contribution >= 0.6 is 0 Å². The van der Waals surface area contributed by atoms with Gasteiger partial charge in [-0.25, -0.2) is 9.18 Å². The molecule has 2 fully saturated rings. The van der Waals surface area contributed by atoms with Crippen LogP contribution in [0, 0.1) is 11.7 Å². The maximum atomic E-state index is 12.9. The Balaban J connectivity index is 1.89. The van der Waals surface area contributed by atoms with E-state index in [1.54, 1.807) is 6.92 Å². The molecule has 5 heteroatoms. The van der Waals surface area contributed by atoms with Gasteiger partial charge >= 0.3 is 6.03 Å². The molecular formula is C14H15FN2O2. The van der Waals surface area contributed by atoms with Crippen molar-refractivity contribution in [3.05, 3.63) is 35.6 Å². The van der Waals surface area contributed by atoms with Gasteiger partial charge in [-0.2, -0.15) is 0 Å². The molecule has 1 heterocycles. The van der Waals surface area contributed by atoms with Gasteiger partial charge in [0.05, 0.1) is 0 Å². The highest BCUT2D eigenvalue weighted by Gasteiger charge is 2.49. The second-order valence-electron chi connectivity index (χ2n) is 5.42. The lowest BCUT2D eigenvalue weighted by Crippen LogP contribution is -2.41. The van der Waals surface area contributed by atoms with Gasteiger partial charge in [0.15, 0.2) is 0 Å². The van der Waals surface area contributed by atoms with Gasteiger partial charge in [0, 0.05) is 6.54 Å². The van der Waals surface area contributed by atoms with Crippen LogP contribution in [0.2, 0.25) is 0 Å². The summed E-state index contributed by atoms with van der Waals surface area (Å²) in [6.07, 6.45) is 2.15. The van der Waals surface area contributed by atoms with E-state index in [2.05, 4.69) is 5.32 Å². The highest BCUT2D eigenvalue weighted by molar-refractivity contribution is 6.07. The molecule has 1 unspecified atom stereocenters. The van der Waals surface area contributed by atoms with Gasteiger partial charge in [0.25, 0.3) is 5.91 Å². The van der Waals surface area contributed by atoms with Gasteiger partial charge in [0.1, 0.15) is 11.4 Å². The minimum Gasteiger partial charge on any atom is -0.319 e. The molecule has 0 spiro atoms. The Bertz CT molecular complexity index is 539. The first-order chi connectivity index (χ1) is 9.00. The predicted octanol–water partition coefficient (Wildman–Crippen LogP) is 2.00. The predicted molar refractivity (Wildman–Crippen MR) is 66.7 cm³/mol. The average molecular weight is 262 g/mol. The van der Waals surface area contributed by atoms with Crippen LogP contribution in [0.25, 0.3) is 0 Å². The number of carbonyl (C=O) groups is 2. The van der Waals surface area contributed by atoms with E-state index < -0.39 is 5.54 Å². The summed E-state index contributed by atoms with van der Waals surface area (Å²) in [6.45, 7) is 2.15. The number of rotatable bonds is 3. The number of carbonyl (C=O) groups excluding carboxylic acids is 2. The SMILES string of the molecule is CC1(c2ccc(F)cc2)NC(=O)N(CC2CC2)C1=O. The molecule has 1 N–H and O–H groups in total. The van der Waals surface area contributed by atoms with Crippen LogP contribution in [0.4, 0.5) is 9.18 Å². The highest BCUT2D eigenvalue weighted by Crippen LogP contribution is 2.34. The topological polar surface area (TPSA) is 49.4 Å². The fourth-order valence-corrected chi connectivity index (χ4v) is 2.40. The number of hydrogen-bond acceptors (Lipinski definition) is 2. The summed E-state index contributed by atoms with van der Waals surface area (Å²) in [5, 5.41) is 2.71. The highest BCUT2D eigenvalue weighted by atomic mass is 19.1. The molecule has 0 radical (unpaired) electrons. The molecule has 3 amide bonds. The lowest BCUT2D eigenvalue weighted by Gasteiger charge is -2.22. The molecule has 1 saturated heterocycles. The Morgan fingerprint density at radius 2 is 1.95 bits per heavy atom. The summed E-state index contributed by atoms with van der Waals surface area (Å²) in [7, 11) is 0. The number of nitrogens with zero attached hydrogens (tertiary/aromatic N) is 1.